The fourth-order valence-corrected chi connectivity index (χ4v) is 5.87. The molecule has 1 aliphatic carbocycles. The van der Waals surface area contributed by atoms with E-state index in [4.69, 9.17) is 14.2 Å². The lowest BCUT2D eigenvalue weighted by atomic mass is 9.71. The maximum Gasteiger partial charge on any atom is 0.337 e. The minimum Gasteiger partial charge on any atom is -0.493 e. The molecule has 1 heterocycles. The van der Waals surface area contributed by atoms with Crippen molar-refractivity contribution in [1.82, 2.24) is 5.32 Å². The fourth-order valence-electron chi connectivity index (χ4n) is 5.48. The average molecular weight is 606 g/mol. The SMILES string of the molecule is COc1ccc(C2CC(=O)C3=C(C2)NC(C)=C(C(=O)OCc2ccccc2)C3c2ccc(F)c(Br)c2)cc1OC. The van der Waals surface area contributed by atoms with Gasteiger partial charge in [0.15, 0.2) is 17.3 Å². The number of allylic oxidation sites excluding steroid dienone is 3. The van der Waals surface area contributed by atoms with Gasteiger partial charge in [-0.1, -0.05) is 42.5 Å². The quantitative estimate of drug-likeness (QED) is 0.302. The number of hydrogen-bond donors (Lipinski definition) is 1. The lowest BCUT2D eigenvalue weighted by molar-refractivity contribution is -0.140. The first kappa shape index (κ1) is 27.6. The van der Waals surface area contributed by atoms with Crippen LogP contribution in [0.5, 0.6) is 11.5 Å². The summed E-state index contributed by atoms with van der Waals surface area (Å²) in [5.41, 5.74) is 4.63. The van der Waals surface area contributed by atoms with Crippen LogP contribution in [0.1, 0.15) is 48.3 Å². The van der Waals surface area contributed by atoms with Gasteiger partial charge < -0.3 is 19.5 Å². The van der Waals surface area contributed by atoms with Crippen molar-refractivity contribution in [1.29, 1.82) is 0 Å². The maximum atomic E-state index is 14.2. The van der Waals surface area contributed by atoms with E-state index in [0.717, 1.165) is 16.8 Å². The molecule has 0 saturated carbocycles. The maximum absolute atomic E-state index is 14.2. The van der Waals surface area contributed by atoms with Gasteiger partial charge in [0.2, 0.25) is 0 Å². The average Bonchev–Trinajstić information content (AvgIpc) is 2.96. The number of ether oxygens (including phenoxy) is 3. The Labute approximate surface area is 241 Å². The van der Waals surface area contributed by atoms with Gasteiger partial charge in [-0.15, -0.1) is 0 Å². The number of hydrogen-bond acceptors (Lipinski definition) is 6. The van der Waals surface area contributed by atoms with E-state index in [1.54, 1.807) is 33.3 Å². The second kappa shape index (κ2) is 11.7. The van der Waals surface area contributed by atoms with Crippen LogP contribution in [0.3, 0.4) is 0 Å². The Morgan fingerprint density at radius 2 is 1.70 bits per heavy atom. The molecule has 2 unspecified atom stereocenters. The van der Waals surface area contributed by atoms with Gasteiger partial charge in [0.25, 0.3) is 0 Å². The summed E-state index contributed by atoms with van der Waals surface area (Å²) in [5.74, 6) is -0.625. The largest absolute Gasteiger partial charge is 0.493 e. The predicted octanol–water partition coefficient (Wildman–Crippen LogP) is 6.71. The smallest absolute Gasteiger partial charge is 0.337 e. The van der Waals surface area contributed by atoms with Gasteiger partial charge in [-0.3, -0.25) is 4.79 Å². The van der Waals surface area contributed by atoms with Crippen molar-refractivity contribution in [3.8, 4) is 11.5 Å². The lowest BCUT2D eigenvalue weighted by Crippen LogP contribution is -2.36. The molecule has 3 aromatic carbocycles. The molecule has 5 rings (SSSR count). The van der Waals surface area contributed by atoms with Crippen molar-refractivity contribution in [2.24, 2.45) is 0 Å². The summed E-state index contributed by atoms with van der Waals surface area (Å²) in [6, 6.07) is 19.7. The van der Waals surface area contributed by atoms with E-state index in [9.17, 15) is 14.0 Å². The molecular formula is C32H29BrFNO5. The normalized spacial score (nSPS) is 18.7. The van der Waals surface area contributed by atoms with E-state index in [1.165, 1.54) is 6.07 Å². The van der Waals surface area contributed by atoms with E-state index in [0.29, 0.717) is 40.3 Å². The summed E-state index contributed by atoms with van der Waals surface area (Å²) in [6.45, 7) is 1.90. The number of nitrogens with one attached hydrogen (secondary N) is 1. The van der Waals surface area contributed by atoms with Gasteiger partial charge in [-0.2, -0.15) is 0 Å². The Bertz CT molecular complexity index is 1530. The molecular weight excluding hydrogens is 577 g/mol. The number of benzene rings is 3. The third-order valence-electron chi connectivity index (χ3n) is 7.42. The fraction of sp³-hybridized carbons (Fsp3) is 0.250. The van der Waals surface area contributed by atoms with Gasteiger partial charge in [0.05, 0.1) is 24.3 Å². The Balaban J connectivity index is 1.52. The van der Waals surface area contributed by atoms with Crippen molar-refractivity contribution in [2.45, 2.75) is 38.2 Å². The molecule has 0 radical (unpaired) electrons. The molecule has 0 bridgehead atoms. The lowest BCUT2D eigenvalue weighted by Gasteiger charge is -2.37. The zero-order chi connectivity index (χ0) is 28.4. The Morgan fingerprint density at radius 1 is 0.975 bits per heavy atom. The molecule has 1 aliphatic heterocycles. The van der Waals surface area contributed by atoms with Crippen LogP contribution < -0.4 is 14.8 Å². The predicted molar refractivity (Wildman–Crippen MR) is 152 cm³/mol. The van der Waals surface area contributed by atoms with Gasteiger partial charge >= 0.3 is 5.97 Å². The standard InChI is InChI=1S/C32H29BrFNO5/c1-18-29(32(37)40-17-19-7-5-4-6-8-19)30(21-9-11-24(34)23(33)13-21)31-25(35-18)14-22(15-26(31)36)20-10-12-27(38-2)28(16-20)39-3/h4-13,16,22,30,35H,14-15,17H2,1-3H3. The third kappa shape index (κ3) is 5.41. The van der Waals surface area contributed by atoms with E-state index in [2.05, 4.69) is 21.2 Å². The number of ketones is 1. The molecule has 0 saturated heterocycles. The molecule has 0 amide bonds. The topological polar surface area (TPSA) is 73.9 Å². The number of methoxy groups -OCH3 is 2. The van der Waals surface area contributed by atoms with Crippen LogP contribution >= 0.6 is 15.9 Å². The summed E-state index contributed by atoms with van der Waals surface area (Å²) in [5, 5.41) is 3.35. The number of rotatable bonds is 7. The van der Waals surface area contributed by atoms with E-state index >= 15 is 0 Å². The molecule has 0 spiro atoms. The minimum atomic E-state index is -0.699. The second-order valence-corrected chi connectivity index (χ2v) is 10.7. The number of esters is 1. The highest BCUT2D eigenvalue weighted by molar-refractivity contribution is 9.10. The minimum absolute atomic E-state index is 0.0835. The molecule has 2 aliphatic rings. The first-order chi connectivity index (χ1) is 19.3. The summed E-state index contributed by atoms with van der Waals surface area (Å²) in [6.07, 6.45) is 0.805. The first-order valence-electron chi connectivity index (χ1n) is 12.9. The zero-order valence-corrected chi connectivity index (χ0v) is 24.0. The number of Topliss-reactive ketones (excluding diaryl/α,β-unsaturated/α-hetero) is 1. The molecule has 2 atom stereocenters. The summed E-state index contributed by atoms with van der Waals surface area (Å²) >= 11 is 3.27. The van der Waals surface area contributed by atoms with Crippen LogP contribution in [-0.2, 0) is 20.9 Å². The van der Waals surface area contributed by atoms with Crippen LogP contribution in [0, 0.1) is 5.82 Å². The van der Waals surface area contributed by atoms with Crippen molar-refractivity contribution >= 4 is 27.7 Å². The highest BCUT2D eigenvalue weighted by Gasteiger charge is 2.41. The van der Waals surface area contributed by atoms with Gasteiger partial charge in [0.1, 0.15) is 12.4 Å². The first-order valence-corrected chi connectivity index (χ1v) is 13.7. The van der Waals surface area contributed by atoms with Gasteiger partial charge in [0, 0.05) is 29.3 Å². The molecule has 3 aromatic rings. The van der Waals surface area contributed by atoms with Crippen molar-refractivity contribution < 1.29 is 28.2 Å². The second-order valence-electron chi connectivity index (χ2n) is 9.87. The zero-order valence-electron chi connectivity index (χ0n) is 22.4. The summed E-state index contributed by atoms with van der Waals surface area (Å²) in [4.78, 5) is 27.4. The highest BCUT2D eigenvalue weighted by atomic mass is 79.9. The van der Waals surface area contributed by atoms with Crippen molar-refractivity contribution in [2.75, 3.05) is 14.2 Å². The number of carbonyl (C=O) groups is 2. The summed E-state index contributed by atoms with van der Waals surface area (Å²) < 4.78 is 31.0. The van der Waals surface area contributed by atoms with Crippen molar-refractivity contribution in [3.05, 3.63) is 116 Å². The van der Waals surface area contributed by atoms with Crippen molar-refractivity contribution in [3.63, 3.8) is 0 Å². The Kier molecular flexibility index (Phi) is 8.07. The molecule has 206 valence electrons. The molecule has 6 nitrogen and oxygen atoms in total. The van der Waals surface area contributed by atoms with E-state index < -0.39 is 17.7 Å². The third-order valence-corrected chi connectivity index (χ3v) is 8.02. The molecule has 40 heavy (non-hydrogen) atoms. The molecule has 8 heteroatoms. The number of halogens is 2. The Hall–Kier alpha value is -3.91. The molecule has 0 fully saturated rings. The highest BCUT2D eigenvalue weighted by Crippen LogP contribution is 2.47. The van der Waals surface area contributed by atoms with Crippen LogP contribution in [0.2, 0.25) is 0 Å². The monoisotopic (exact) mass is 605 g/mol. The number of carbonyl (C=O) groups excluding carboxylic acids is 2. The van der Waals surface area contributed by atoms with E-state index in [1.807, 2.05) is 48.5 Å². The number of dihydropyridines is 1. The van der Waals surface area contributed by atoms with E-state index in [-0.39, 0.29) is 29.2 Å². The van der Waals surface area contributed by atoms with Crippen LogP contribution in [0.25, 0.3) is 0 Å². The van der Waals surface area contributed by atoms with Crippen LogP contribution in [0.4, 0.5) is 4.39 Å². The van der Waals surface area contributed by atoms with Crippen LogP contribution in [0.15, 0.2) is 93.7 Å². The Morgan fingerprint density at radius 3 is 2.40 bits per heavy atom. The molecule has 1 N–H and O–H groups in total. The van der Waals surface area contributed by atoms with Crippen LogP contribution in [-0.4, -0.2) is 26.0 Å². The summed E-state index contributed by atoms with van der Waals surface area (Å²) in [7, 11) is 3.16. The molecule has 0 aromatic heterocycles. The van der Waals surface area contributed by atoms with Gasteiger partial charge in [-0.05, 0) is 76.1 Å². The van der Waals surface area contributed by atoms with Gasteiger partial charge in [-0.25, -0.2) is 9.18 Å².